The van der Waals surface area contributed by atoms with Gasteiger partial charge in [-0.25, -0.2) is 4.98 Å². The van der Waals surface area contributed by atoms with Crippen LogP contribution in [0.25, 0.3) is 21.9 Å². The molecule has 1 atom stereocenters. The van der Waals surface area contributed by atoms with Crippen molar-refractivity contribution in [1.82, 2.24) is 19.0 Å². The van der Waals surface area contributed by atoms with Gasteiger partial charge >= 0.3 is 0 Å². The van der Waals surface area contributed by atoms with Crippen molar-refractivity contribution >= 4 is 27.8 Å². The zero-order valence-electron chi connectivity index (χ0n) is 20.0. The number of likely N-dealkylation sites (tertiary alicyclic amines) is 1. The molecule has 0 N–H and O–H groups in total. The zero-order valence-corrected chi connectivity index (χ0v) is 20.0. The quantitative estimate of drug-likeness (QED) is 0.454. The number of methoxy groups -OCH3 is 1. The van der Waals surface area contributed by atoms with Gasteiger partial charge in [-0.05, 0) is 55.5 Å². The number of rotatable bonds is 5. The smallest absolute Gasteiger partial charge is 0.278 e. The van der Waals surface area contributed by atoms with Gasteiger partial charge in [0.2, 0.25) is 5.91 Å². The van der Waals surface area contributed by atoms with Gasteiger partial charge in [0.1, 0.15) is 23.3 Å². The monoisotopic (exact) mass is 458 g/mol. The summed E-state index contributed by atoms with van der Waals surface area (Å²) in [6.45, 7) is 6.29. The lowest BCUT2D eigenvalue weighted by atomic mass is 10.0. The molecule has 0 saturated carbocycles. The molecule has 1 amide bonds. The molecule has 1 fully saturated rings. The van der Waals surface area contributed by atoms with E-state index < -0.39 is 0 Å². The molecule has 2 aromatic carbocycles. The minimum atomic E-state index is -0.144. The van der Waals surface area contributed by atoms with Crippen LogP contribution in [0, 0.1) is 12.8 Å². The fraction of sp³-hybridized carbons (Fsp3) is 0.370. The number of hydrogen-bond acceptors (Lipinski definition) is 4. The van der Waals surface area contributed by atoms with E-state index in [1.54, 1.807) is 18.0 Å². The largest absolute Gasteiger partial charge is 0.497 e. The van der Waals surface area contributed by atoms with Gasteiger partial charge < -0.3 is 14.2 Å². The fourth-order valence-electron chi connectivity index (χ4n) is 4.97. The summed E-state index contributed by atoms with van der Waals surface area (Å²) in [6.07, 6.45) is 3.78. The standard InChI is InChI=1S/C27H30N4O3/c1-18-6-11-23-22(13-18)25-26(31(23)16-24(32)29-12-4-5-19(2)14-29)27(33)30(17-28-25)15-20-7-9-21(34-3)10-8-20/h6-11,13,17,19H,4-5,12,14-16H2,1-3H3/t19-/m0/s1. The van der Waals surface area contributed by atoms with Crippen molar-refractivity contribution in [3.05, 3.63) is 70.3 Å². The first kappa shape index (κ1) is 22.2. The number of aryl methyl sites for hydroxylation is 1. The Morgan fingerprint density at radius 3 is 2.71 bits per heavy atom. The van der Waals surface area contributed by atoms with Gasteiger partial charge in [-0.15, -0.1) is 0 Å². The lowest BCUT2D eigenvalue weighted by molar-refractivity contribution is -0.133. The average molecular weight is 459 g/mol. The molecular formula is C27H30N4O3. The first-order valence-electron chi connectivity index (χ1n) is 11.8. The van der Waals surface area contributed by atoms with Crippen molar-refractivity contribution in [3.63, 3.8) is 0 Å². The molecule has 1 saturated heterocycles. The summed E-state index contributed by atoms with van der Waals surface area (Å²) in [5.74, 6) is 1.32. The number of benzene rings is 2. The average Bonchev–Trinajstić information content (AvgIpc) is 3.14. The lowest BCUT2D eigenvalue weighted by Crippen LogP contribution is -2.41. The van der Waals surface area contributed by atoms with E-state index in [1.165, 1.54) is 0 Å². The van der Waals surface area contributed by atoms with Gasteiger partial charge in [0.15, 0.2) is 0 Å². The predicted octanol–water partition coefficient (Wildman–Crippen LogP) is 3.98. The summed E-state index contributed by atoms with van der Waals surface area (Å²) in [4.78, 5) is 33.6. The fourth-order valence-corrected chi connectivity index (χ4v) is 4.97. The van der Waals surface area contributed by atoms with E-state index >= 15 is 0 Å². The van der Waals surface area contributed by atoms with Gasteiger partial charge in [0.25, 0.3) is 5.56 Å². The molecule has 2 aromatic heterocycles. The molecule has 0 bridgehead atoms. The number of piperidine rings is 1. The number of aromatic nitrogens is 3. The third-order valence-electron chi connectivity index (χ3n) is 6.80. The Morgan fingerprint density at radius 1 is 1.18 bits per heavy atom. The van der Waals surface area contributed by atoms with Gasteiger partial charge in [0, 0.05) is 18.5 Å². The first-order chi connectivity index (χ1) is 16.4. The van der Waals surface area contributed by atoms with Crippen LogP contribution in [0.2, 0.25) is 0 Å². The molecule has 34 heavy (non-hydrogen) atoms. The second kappa shape index (κ2) is 8.97. The number of carbonyl (C=O) groups is 1. The highest BCUT2D eigenvalue weighted by Crippen LogP contribution is 2.27. The van der Waals surface area contributed by atoms with Crippen LogP contribution in [0.4, 0.5) is 0 Å². The van der Waals surface area contributed by atoms with E-state index in [-0.39, 0.29) is 18.0 Å². The van der Waals surface area contributed by atoms with Crippen LogP contribution in [0.15, 0.2) is 53.6 Å². The van der Waals surface area contributed by atoms with Crippen molar-refractivity contribution in [3.8, 4) is 5.75 Å². The second-order valence-electron chi connectivity index (χ2n) is 9.42. The molecule has 7 nitrogen and oxygen atoms in total. The molecule has 7 heteroatoms. The molecule has 0 radical (unpaired) electrons. The SMILES string of the molecule is COc1ccc(Cn2cnc3c4cc(C)ccc4n(CC(=O)N4CCC[C@H](C)C4)c3c2=O)cc1. The third-order valence-corrected chi connectivity index (χ3v) is 6.80. The first-order valence-corrected chi connectivity index (χ1v) is 11.8. The van der Waals surface area contributed by atoms with Gasteiger partial charge in [-0.1, -0.05) is 30.7 Å². The minimum absolute atomic E-state index is 0.0517. The Labute approximate surface area is 198 Å². The van der Waals surface area contributed by atoms with Crippen molar-refractivity contribution in [2.45, 2.75) is 39.8 Å². The van der Waals surface area contributed by atoms with E-state index in [2.05, 4.69) is 11.9 Å². The van der Waals surface area contributed by atoms with Gasteiger partial charge in [-0.2, -0.15) is 0 Å². The molecule has 176 valence electrons. The molecule has 4 aromatic rings. The van der Waals surface area contributed by atoms with Crippen LogP contribution in [-0.2, 0) is 17.9 Å². The molecule has 0 spiro atoms. The molecule has 1 aliphatic rings. The summed E-state index contributed by atoms with van der Waals surface area (Å²) >= 11 is 0. The van der Waals surface area contributed by atoms with Crippen molar-refractivity contribution in [2.24, 2.45) is 5.92 Å². The third kappa shape index (κ3) is 4.06. The van der Waals surface area contributed by atoms with Crippen LogP contribution in [0.1, 0.15) is 30.9 Å². The highest BCUT2D eigenvalue weighted by Gasteiger charge is 2.24. The van der Waals surface area contributed by atoms with Crippen LogP contribution in [0.3, 0.4) is 0 Å². The molecule has 0 unspecified atom stereocenters. The van der Waals surface area contributed by atoms with E-state index in [9.17, 15) is 9.59 Å². The molecule has 1 aliphatic heterocycles. The summed E-state index contributed by atoms with van der Waals surface area (Å²) in [6, 6.07) is 13.7. The van der Waals surface area contributed by atoms with E-state index in [1.807, 2.05) is 58.9 Å². The zero-order chi connectivity index (χ0) is 23.8. The Hall–Kier alpha value is -3.61. The molecular weight excluding hydrogens is 428 g/mol. The molecule has 0 aliphatic carbocycles. The highest BCUT2D eigenvalue weighted by molar-refractivity contribution is 6.06. The van der Waals surface area contributed by atoms with Crippen LogP contribution in [0.5, 0.6) is 5.75 Å². The summed E-state index contributed by atoms with van der Waals surface area (Å²) < 4.78 is 8.71. The van der Waals surface area contributed by atoms with E-state index in [0.717, 1.165) is 53.7 Å². The minimum Gasteiger partial charge on any atom is -0.497 e. The van der Waals surface area contributed by atoms with Crippen molar-refractivity contribution in [1.29, 1.82) is 0 Å². The van der Waals surface area contributed by atoms with E-state index in [4.69, 9.17) is 4.74 Å². The Kier molecular flexibility index (Phi) is 5.86. The van der Waals surface area contributed by atoms with Gasteiger partial charge in [-0.3, -0.25) is 14.2 Å². The highest BCUT2D eigenvalue weighted by atomic mass is 16.5. The molecule has 3 heterocycles. The van der Waals surface area contributed by atoms with E-state index in [0.29, 0.717) is 23.5 Å². The lowest BCUT2D eigenvalue weighted by Gasteiger charge is -2.31. The van der Waals surface area contributed by atoms with Crippen LogP contribution < -0.4 is 10.3 Å². The number of nitrogens with zero attached hydrogens (tertiary/aromatic N) is 4. The summed E-state index contributed by atoms with van der Waals surface area (Å²) in [5.41, 5.74) is 3.91. The maximum Gasteiger partial charge on any atom is 0.278 e. The second-order valence-corrected chi connectivity index (χ2v) is 9.42. The predicted molar refractivity (Wildman–Crippen MR) is 133 cm³/mol. The number of amides is 1. The maximum absolute atomic E-state index is 13.7. The summed E-state index contributed by atoms with van der Waals surface area (Å²) in [7, 11) is 1.63. The normalized spacial score (nSPS) is 16.3. The Morgan fingerprint density at radius 2 is 1.97 bits per heavy atom. The van der Waals surface area contributed by atoms with Crippen molar-refractivity contribution in [2.75, 3.05) is 20.2 Å². The Bertz CT molecular complexity index is 1420. The molecule has 5 rings (SSSR count). The number of hydrogen-bond donors (Lipinski definition) is 0. The number of fused-ring (bicyclic) bond motifs is 3. The number of ether oxygens (including phenoxy) is 1. The van der Waals surface area contributed by atoms with Crippen LogP contribution in [-0.4, -0.2) is 45.1 Å². The Balaban J connectivity index is 1.59. The number of carbonyl (C=O) groups excluding carboxylic acids is 1. The topological polar surface area (TPSA) is 69.4 Å². The van der Waals surface area contributed by atoms with Gasteiger partial charge in [0.05, 0.1) is 25.5 Å². The van der Waals surface area contributed by atoms with Crippen molar-refractivity contribution < 1.29 is 9.53 Å². The maximum atomic E-state index is 13.7. The van der Waals surface area contributed by atoms with Crippen LogP contribution >= 0.6 is 0 Å². The summed E-state index contributed by atoms with van der Waals surface area (Å²) in [5, 5.41) is 0.906.